The summed E-state index contributed by atoms with van der Waals surface area (Å²) < 4.78 is 5.24. The van der Waals surface area contributed by atoms with Gasteiger partial charge in [0, 0.05) is 13.1 Å². The maximum atomic E-state index is 10.6. The molecule has 13 heavy (non-hydrogen) atoms. The topological polar surface area (TPSA) is 41.6 Å². The Kier molecular flexibility index (Phi) is 8.08. The first kappa shape index (κ1) is 12.7. The number of rotatable bonds is 7. The largest absolute Gasteiger partial charge is 0.378 e. The van der Waals surface area contributed by atoms with Crippen LogP contribution in [0.25, 0.3) is 0 Å². The number of amides is 1. The number of likely N-dealkylation sites (N-methyl/N-ethyl adjacent to an activating group) is 1. The van der Waals surface area contributed by atoms with Gasteiger partial charge in [-0.15, -0.1) is 11.6 Å². The van der Waals surface area contributed by atoms with Gasteiger partial charge in [0.15, 0.2) is 0 Å². The van der Waals surface area contributed by atoms with E-state index in [1.807, 2.05) is 19.0 Å². The quantitative estimate of drug-likeness (QED) is 0.470. The summed E-state index contributed by atoms with van der Waals surface area (Å²) in [6.07, 6.45) is 0. The zero-order valence-corrected chi connectivity index (χ0v) is 8.93. The predicted molar refractivity (Wildman–Crippen MR) is 53.1 cm³/mol. The van der Waals surface area contributed by atoms with Gasteiger partial charge in [-0.2, -0.15) is 0 Å². The summed E-state index contributed by atoms with van der Waals surface area (Å²) in [7, 11) is 3.97. The molecule has 0 bridgehead atoms. The van der Waals surface area contributed by atoms with Crippen LogP contribution in [-0.2, 0) is 9.53 Å². The third kappa shape index (κ3) is 9.60. The summed E-state index contributed by atoms with van der Waals surface area (Å²) in [4.78, 5) is 12.7. The van der Waals surface area contributed by atoms with E-state index in [2.05, 4.69) is 5.32 Å². The highest BCUT2D eigenvalue weighted by molar-refractivity contribution is 6.27. The zero-order chi connectivity index (χ0) is 10.1. The molecule has 5 heteroatoms. The maximum absolute atomic E-state index is 10.6. The van der Waals surface area contributed by atoms with E-state index in [9.17, 15) is 4.79 Å². The van der Waals surface area contributed by atoms with Gasteiger partial charge in [-0.3, -0.25) is 4.79 Å². The van der Waals surface area contributed by atoms with E-state index in [0.29, 0.717) is 19.8 Å². The first-order chi connectivity index (χ1) is 6.16. The van der Waals surface area contributed by atoms with E-state index >= 15 is 0 Å². The summed E-state index contributed by atoms with van der Waals surface area (Å²) in [6, 6.07) is 0. The summed E-state index contributed by atoms with van der Waals surface area (Å²) >= 11 is 5.27. The molecule has 0 spiro atoms. The predicted octanol–water partition coefficient (Wildman–Crippen LogP) is -0.0804. The number of carbonyl (C=O) groups excluding carboxylic acids is 1. The maximum Gasteiger partial charge on any atom is 0.235 e. The lowest BCUT2D eigenvalue weighted by molar-refractivity contribution is -0.118. The Morgan fingerprint density at radius 2 is 2.15 bits per heavy atom. The zero-order valence-electron chi connectivity index (χ0n) is 8.18. The van der Waals surface area contributed by atoms with Crippen LogP contribution < -0.4 is 5.32 Å². The minimum Gasteiger partial charge on any atom is -0.378 e. The lowest BCUT2D eigenvalue weighted by Crippen LogP contribution is -2.29. The number of nitrogens with one attached hydrogen (secondary N) is 1. The van der Waals surface area contributed by atoms with Gasteiger partial charge in [-0.05, 0) is 14.1 Å². The molecule has 0 aliphatic heterocycles. The van der Waals surface area contributed by atoms with Crippen LogP contribution in [-0.4, -0.2) is 57.1 Å². The molecule has 0 saturated heterocycles. The van der Waals surface area contributed by atoms with Crippen molar-refractivity contribution in [2.45, 2.75) is 0 Å². The summed E-state index contributed by atoms with van der Waals surface area (Å²) in [6.45, 7) is 2.64. The number of halogens is 1. The molecule has 0 atom stereocenters. The van der Waals surface area contributed by atoms with Crippen molar-refractivity contribution in [3.63, 3.8) is 0 Å². The normalized spacial score (nSPS) is 10.5. The standard InChI is InChI=1S/C8H17ClN2O2/c1-11(2)4-6-13-5-3-10-8(12)7-9/h3-7H2,1-2H3,(H,10,12). The fraction of sp³-hybridized carbons (Fsp3) is 0.875. The van der Waals surface area contributed by atoms with Crippen molar-refractivity contribution in [1.82, 2.24) is 10.2 Å². The average Bonchev–Trinajstić information content (AvgIpc) is 2.10. The molecule has 0 aromatic carbocycles. The summed E-state index contributed by atoms with van der Waals surface area (Å²) in [5, 5.41) is 2.61. The molecule has 4 nitrogen and oxygen atoms in total. The number of ether oxygens (including phenoxy) is 1. The van der Waals surface area contributed by atoms with E-state index in [0.717, 1.165) is 6.54 Å². The van der Waals surface area contributed by atoms with Gasteiger partial charge in [-0.25, -0.2) is 0 Å². The van der Waals surface area contributed by atoms with Crippen molar-refractivity contribution < 1.29 is 9.53 Å². The molecular weight excluding hydrogens is 192 g/mol. The van der Waals surface area contributed by atoms with Gasteiger partial charge in [0.2, 0.25) is 5.91 Å². The first-order valence-electron chi connectivity index (χ1n) is 4.22. The van der Waals surface area contributed by atoms with Crippen LogP contribution in [0.4, 0.5) is 0 Å². The number of hydrogen-bond acceptors (Lipinski definition) is 3. The highest BCUT2D eigenvalue weighted by Gasteiger charge is 1.96. The van der Waals surface area contributed by atoms with E-state index in [1.165, 1.54) is 0 Å². The smallest absolute Gasteiger partial charge is 0.235 e. The van der Waals surface area contributed by atoms with E-state index < -0.39 is 0 Å². The Morgan fingerprint density at radius 1 is 1.46 bits per heavy atom. The van der Waals surface area contributed by atoms with Gasteiger partial charge in [0.1, 0.15) is 5.88 Å². The van der Waals surface area contributed by atoms with Crippen molar-refractivity contribution in [3.8, 4) is 0 Å². The van der Waals surface area contributed by atoms with Gasteiger partial charge >= 0.3 is 0 Å². The number of hydrogen-bond donors (Lipinski definition) is 1. The molecule has 0 radical (unpaired) electrons. The highest BCUT2D eigenvalue weighted by Crippen LogP contribution is 1.78. The lowest BCUT2D eigenvalue weighted by atomic mass is 10.6. The molecule has 0 aromatic rings. The molecular formula is C8H17ClN2O2. The molecule has 78 valence electrons. The molecule has 0 aliphatic carbocycles. The molecule has 0 saturated carbocycles. The molecule has 0 fully saturated rings. The van der Waals surface area contributed by atoms with Gasteiger partial charge in [0.25, 0.3) is 0 Å². The van der Waals surface area contributed by atoms with Crippen molar-refractivity contribution >= 4 is 17.5 Å². The number of nitrogens with zero attached hydrogens (tertiary/aromatic N) is 1. The summed E-state index contributed by atoms with van der Waals surface area (Å²) in [5.41, 5.74) is 0. The minimum atomic E-state index is -0.155. The van der Waals surface area contributed by atoms with Crippen molar-refractivity contribution in [1.29, 1.82) is 0 Å². The third-order valence-corrected chi connectivity index (χ3v) is 1.62. The molecule has 0 aliphatic rings. The van der Waals surface area contributed by atoms with Crippen LogP contribution in [0.5, 0.6) is 0 Å². The van der Waals surface area contributed by atoms with Crippen LogP contribution in [0.3, 0.4) is 0 Å². The monoisotopic (exact) mass is 208 g/mol. The van der Waals surface area contributed by atoms with Crippen LogP contribution in [0.1, 0.15) is 0 Å². The Morgan fingerprint density at radius 3 is 2.69 bits per heavy atom. The van der Waals surface area contributed by atoms with Crippen molar-refractivity contribution in [2.75, 3.05) is 46.3 Å². The molecule has 1 amide bonds. The first-order valence-corrected chi connectivity index (χ1v) is 4.75. The van der Waals surface area contributed by atoms with Crippen LogP contribution in [0.2, 0.25) is 0 Å². The van der Waals surface area contributed by atoms with Gasteiger partial charge in [0.05, 0.1) is 13.2 Å². The fourth-order valence-corrected chi connectivity index (χ4v) is 0.754. The van der Waals surface area contributed by atoms with Crippen LogP contribution in [0, 0.1) is 0 Å². The molecule has 0 aromatic heterocycles. The summed E-state index contributed by atoms with van der Waals surface area (Å²) in [5.74, 6) is -0.143. The van der Waals surface area contributed by atoms with Gasteiger partial charge in [-0.1, -0.05) is 0 Å². The number of carbonyl (C=O) groups is 1. The second-order valence-corrected chi connectivity index (χ2v) is 3.17. The molecule has 1 N–H and O–H groups in total. The van der Waals surface area contributed by atoms with Crippen molar-refractivity contribution in [2.24, 2.45) is 0 Å². The van der Waals surface area contributed by atoms with Gasteiger partial charge < -0.3 is 15.0 Å². The van der Waals surface area contributed by atoms with E-state index in [-0.39, 0.29) is 11.8 Å². The van der Waals surface area contributed by atoms with E-state index in [4.69, 9.17) is 16.3 Å². The average molecular weight is 209 g/mol. The fourth-order valence-electron chi connectivity index (χ4n) is 0.659. The second kappa shape index (κ2) is 8.29. The minimum absolute atomic E-state index is 0.0116. The molecule has 0 unspecified atom stereocenters. The molecule has 0 rings (SSSR count). The second-order valence-electron chi connectivity index (χ2n) is 2.90. The number of alkyl halides is 1. The SMILES string of the molecule is CN(C)CCOCCNC(=O)CCl. The van der Waals surface area contributed by atoms with Crippen molar-refractivity contribution in [3.05, 3.63) is 0 Å². The highest BCUT2D eigenvalue weighted by atomic mass is 35.5. The third-order valence-electron chi connectivity index (χ3n) is 1.37. The lowest BCUT2D eigenvalue weighted by Gasteiger charge is -2.09. The van der Waals surface area contributed by atoms with E-state index in [1.54, 1.807) is 0 Å². The van der Waals surface area contributed by atoms with Crippen LogP contribution in [0.15, 0.2) is 0 Å². The Hall–Kier alpha value is -0.320. The Labute approximate surface area is 84.2 Å². The molecule has 0 heterocycles. The Bertz CT molecular complexity index is 142. The Balaban J connectivity index is 3.04. The van der Waals surface area contributed by atoms with Crippen LogP contribution >= 0.6 is 11.6 Å².